The second-order valence-corrected chi connectivity index (χ2v) is 10.2. The summed E-state index contributed by atoms with van der Waals surface area (Å²) in [5.41, 5.74) is 0.866. The van der Waals surface area contributed by atoms with E-state index < -0.39 is 15.7 Å². The van der Waals surface area contributed by atoms with Gasteiger partial charge in [0.1, 0.15) is 0 Å². The highest BCUT2D eigenvalue weighted by molar-refractivity contribution is 8.00. The van der Waals surface area contributed by atoms with Crippen molar-refractivity contribution in [3.63, 3.8) is 0 Å². The fourth-order valence-electron chi connectivity index (χ4n) is 2.96. The zero-order valence-electron chi connectivity index (χ0n) is 14.4. The topological polar surface area (TPSA) is 63.2 Å². The molecule has 1 saturated carbocycles. The molecule has 0 bridgehead atoms. The molecule has 0 heterocycles. The number of rotatable bonds is 5. The molecule has 0 atom stereocenters. The monoisotopic (exact) mass is 409 g/mol. The normalized spacial score (nSPS) is 15.2. The highest BCUT2D eigenvalue weighted by atomic mass is 35.5. The number of hydrogen-bond acceptors (Lipinski definition) is 4. The quantitative estimate of drug-likeness (QED) is 0.752. The molecule has 1 amide bonds. The maximum Gasteiger partial charge on any atom is 0.257 e. The summed E-state index contributed by atoms with van der Waals surface area (Å²) in [6, 6.07) is 11.8. The summed E-state index contributed by atoms with van der Waals surface area (Å²) < 4.78 is 23.5. The maximum absolute atomic E-state index is 12.7. The molecule has 2 aromatic rings. The van der Waals surface area contributed by atoms with E-state index in [9.17, 15) is 13.2 Å². The van der Waals surface area contributed by atoms with Gasteiger partial charge in [-0.15, -0.1) is 11.8 Å². The summed E-state index contributed by atoms with van der Waals surface area (Å²) in [6.45, 7) is 0. The Balaban J connectivity index is 1.84. The van der Waals surface area contributed by atoms with Crippen LogP contribution in [0.1, 0.15) is 36.0 Å². The van der Waals surface area contributed by atoms with Gasteiger partial charge in [-0.05, 0) is 43.2 Å². The predicted molar refractivity (Wildman–Crippen MR) is 107 cm³/mol. The van der Waals surface area contributed by atoms with Crippen LogP contribution in [-0.2, 0) is 9.84 Å². The van der Waals surface area contributed by atoms with Crippen LogP contribution >= 0.6 is 23.4 Å². The summed E-state index contributed by atoms with van der Waals surface area (Å²) in [4.78, 5) is 13.8. The molecule has 0 radical (unpaired) electrons. The molecule has 2 aromatic carbocycles. The average Bonchev–Trinajstić information content (AvgIpc) is 3.09. The molecule has 0 spiro atoms. The Morgan fingerprint density at radius 2 is 1.85 bits per heavy atom. The van der Waals surface area contributed by atoms with E-state index in [2.05, 4.69) is 5.32 Å². The van der Waals surface area contributed by atoms with Gasteiger partial charge < -0.3 is 5.32 Å². The number of sulfone groups is 1. The summed E-state index contributed by atoms with van der Waals surface area (Å²) in [5, 5.41) is 3.67. The van der Waals surface area contributed by atoms with Gasteiger partial charge in [-0.25, -0.2) is 8.42 Å². The van der Waals surface area contributed by atoms with Crippen LogP contribution in [-0.4, -0.2) is 25.8 Å². The van der Waals surface area contributed by atoms with Gasteiger partial charge in [0.05, 0.1) is 21.2 Å². The lowest BCUT2D eigenvalue weighted by Gasteiger charge is -2.14. The maximum atomic E-state index is 12.7. The molecule has 1 N–H and O–H groups in total. The standard InChI is InChI=1S/C19H20ClNO3S2/c1-26(23,24)14-10-11-16(20)15(12-14)19(22)21-17-8-4-5-9-18(17)25-13-6-2-3-7-13/h4-5,8-13H,2-3,6-7H2,1H3,(H,21,22). The first-order valence-corrected chi connectivity index (χ1v) is 11.6. The lowest BCUT2D eigenvalue weighted by Crippen LogP contribution is -2.14. The Morgan fingerprint density at radius 1 is 1.15 bits per heavy atom. The van der Waals surface area contributed by atoms with E-state index in [1.54, 1.807) is 11.8 Å². The molecule has 0 saturated heterocycles. The fraction of sp³-hybridized carbons (Fsp3) is 0.316. The van der Waals surface area contributed by atoms with Crippen LogP contribution in [0, 0.1) is 0 Å². The first kappa shape index (κ1) is 19.3. The van der Waals surface area contributed by atoms with Crippen molar-refractivity contribution in [2.24, 2.45) is 0 Å². The van der Waals surface area contributed by atoms with Crippen LogP contribution in [0.5, 0.6) is 0 Å². The molecule has 0 aromatic heterocycles. The van der Waals surface area contributed by atoms with Crippen molar-refractivity contribution >= 4 is 44.8 Å². The van der Waals surface area contributed by atoms with Crippen LogP contribution in [0.25, 0.3) is 0 Å². The third-order valence-electron chi connectivity index (χ3n) is 4.34. The molecule has 4 nitrogen and oxygen atoms in total. The van der Waals surface area contributed by atoms with Gasteiger partial charge in [0.25, 0.3) is 5.91 Å². The van der Waals surface area contributed by atoms with E-state index in [1.165, 1.54) is 43.9 Å². The fourth-order valence-corrected chi connectivity index (χ4v) is 5.14. The Labute approximate surface area is 163 Å². The number of nitrogens with one attached hydrogen (secondary N) is 1. The molecule has 138 valence electrons. The molecular formula is C19H20ClNO3S2. The van der Waals surface area contributed by atoms with Gasteiger partial charge in [-0.1, -0.05) is 36.6 Å². The second-order valence-electron chi connectivity index (χ2n) is 6.39. The van der Waals surface area contributed by atoms with Gasteiger partial charge in [-0.2, -0.15) is 0 Å². The molecule has 1 fully saturated rings. The zero-order chi connectivity index (χ0) is 18.7. The molecule has 0 unspecified atom stereocenters. The van der Waals surface area contributed by atoms with Crippen molar-refractivity contribution in [2.45, 2.75) is 40.7 Å². The average molecular weight is 410 g/mol. The van der Waals surface area contributed by atoms with E-state index in [1.807, 2.05) is 24.3 Å². The van der Waals surface area contributed by atoms with Crippen LogP contribution < -0.4 is 5.32 Å². The number of hydrogen-bond donors (Lipinski definition) is 1. The van der Waals surface area contributed by atoms with Gasteiger partial charge >= 0.3 is 0 Å². The van der Waals surface area contributed by atoms with E-state index >= 15 is 0 Å². The SMILES string of the molecule is CS(=O)(=O)c1ccc(Cl)c(C(=O)Nc2ccccc2SC2CCCC2)c1. The Bertz CT molecular complexity index is 922. The van der Waals surface area contributed by atoms with Gasteiger partial charge in [-0.3, -0.25) is 4.79 Å². The minimum Gasteiger partial charge on any atom is -0.321 e. The number of para-hydroxylation sites is 1. The summed E-state index contributed by atoms with van der Waals surface area (Å²) in [6.07, 6.45) is 5.98. The Morgan fingerprint density at radius 3 is 2.54 bits per heavy atom. The van der Waals surface area contributed by atoms with Crippen LogP contribution in [0.2, 0.25) is 5.02 Å². The van der Waals surface area contributed by atoms with E-state index in [0.717, 1.165) is 16.8 Å². The molecule has 7 heteroatoms. The zero-order valence-corrected chi connectivity index (χ0v) is 16.8. The van der Waals surface area contributed by atoms with Crippen LogP contribution in [0.3, 0.4) is 0 Å². The smallest absolute Gasteiger partial charge is 0.257 e. The molecule has 1 aliphatic carbocycles. The number of anilines is 1. The van der Waals surface area contributed by atoms with Crippen LogP contribution in [0.4, 0.5) is 5.69 Å². The lowest BCUT2D eigenvalue weighted by atomic mass is 10.2. The highest BCUT2D eigenvalue weighted by Gasteiger charge is 2.20. The number of thioether (sulfide) groups is 1. The Kier molecular flexibility index (Phi) is 5.95. The molecule has 26 heavy (non-hydrogen) atoms. The van der Waals surface area contributed by atoms with Crippen molar-refractivity contribution < 1.29 is 13.2 Å². The van der Waals surface area contributed by atoms with Crippen molar-refractivity contribution in [3.8, 4) is 0 Å². The van der Waals surface area contributed by atoms with E-state index in [4.69, 9.17) is 11.6 Å². The van der Waals surface area contributed by atoms with E-state index in [-0.39, 0.29) is 15.5 Å². The first-order chi connectivity index (χ1) is 12.3. The van der Waals surface area contributed by atoms with Crippen molar-refractivity contribution in [3.05, 3.63) is 53.1 Å². The number of carbonyl (C=O) groups is 1. The summed E-state index contributed by atoms with van der Waals surface area (Å²) >= 11 is 7.91. The van der Waals surface area contributed by atoms with Crippen LogP contribution in [0.15, 0.2) is 52.3 Å². The van der Waals surface area contributed by atoms with Crippen molar-refractivity contribution in [1.29, 1.82) is 0 Å². The number of carbonyl (C=O) groups excluding carboxylic acids is 1. The van der Waals surface area contributed by atoms with Crippen molar-refractivity contribution in [1.82, 2.24) is 0 Å². The number of amides is 1. The number of benzene rings is 2. The third-order valence-corrected chi connectivity index (χ3v) is 7.20. The predicted octanol–water partition coefficient (Wildman–Crippen LogP) is 5.03. The largest absolute Gasteiger partial charge is 0.321 e. The summed E-state index contributed by atoms with van der Waals surface area (Å²) in [7, 11) is -3.42. The minimum absolute atomic E-state index is 0.0701. The lowest BCUT2D eigenvalue weighted by molar-refractivity contribution is 0.102. The highest BCUT2D eigenvalue weighted by Crippen LogP contribution is 2.38. The molecule has 3 rings (SSSR count). The van der Waals surface area contributed by atoms with Gasteiger partial charge in [0, 0.05) is 16.4 Å². The molecule has 0 aliphatic heterocycles. The first-order valence-electron chi connectivity index (χ1n) is 8.41. The molecular weight excluding hydrogens is 390 g/mol. The van der Waals surface area contributed by atoms with Gasteiger partial charge in [0.2, 0.25) is 0 Å². The molecule has 1 aliphatic rings. The number of halogens is 1. The Hall–Kier alpha value is -1.50. The minimum atomic E-state index is -3.42. The van der Waals surface area contributed by atoms with Gasteiger partial charge in [0.15, 0.2) is 9.84 Å². The summed E-state index contributed by atoms with van der Waals surface area (Å²) in [5.74, 6) is -0.417. The second kappa shape index (κ2) is 8.03. The van der Waals surface area contributed by atoms with Crippen molar-refractivity contribution in [2.75, 3.05) is 11.6 Å². The van der Waals surface area contributed by atoms with E-state index in [0.29, 0.717) is 5.25 Å². The third kappa shape index (κ3) is 4.61.